The predicted octanol–water partition coefficient (Wildman–Crippen LogP) is 2.93. The van der Waals surface area contributed by atoms with Gasteiger partial charge in [0.15, 0.2) is 0 Å². The summed E-state index contributed by atoms with van der Waals surface area (Å²) in [4.78, 5) is 0. The highest BCUT2D eigenvalue weighted by molar-refractivity contribution is 9.11. The predicted molar refractivity (Wildman–Crippen MR) is 56.7 cm³/mol. The molecule has 1 aromatic heterocycles. The van der Waals surface area contributed by atoms with Crippen LogP contribution in [0.15, 0.2) is 33.7 Å². The Morgan fingerprint density at radius 3 is 2.21 bits per heavy atom. The maximum atomic E-state index is 13.4. The molecular weight excluding hydrogens is 317 g/mol. The van der Waals surface area contributed by atoms with E-state index < -0.39 is 0 Å². The van der Waals surface area contributed by atoms with E-state index >= 15 is 0 Å². The van der Waals surface area contributed by atoms with Crippen LogP contribution in [-0.2, 0) is 0 Å². The zero-order chi connectivity index (χ0) is 10.1. The van der Waals surface area contributed by atoms with Crippen molar-refractivity contribution in [3.63, 3.8) is 0 Å². The smallest absolute Gasteiger partial charge is 0.205 e. The second kappa shape index (κ2) is 3.78. The highest BCUT2D eigenvalue weighted by atomic mass is 79.9. The molecule has 0 aliphatic rings. The minimum atomic E-state index is -0.325. The van der Waals surface area contributed by atoms with Crippen LogP contribution in [0, 0.1) is 5.82 Å². The minimum absolute atomic E-state index is 0.325. The van der Waals surface area contributed by atoms with E-state index in [2.05, 4.69) is 42.1 Å². The first-order valence-electron chi connectivity index (χ1n) is 3.71. The lowest BCUT2D eigenvalue weighted by atomic mass is 10.3. The van der Waals surface area contributed by atoms with Gasteiger partial charge >= 0.3 is 0 Å². The first kappa shape index (κ1) is 9.79. The van der Waals surface area contributed by atoms with Crippen LogP contribution in [0.4, 0.5) is 4.39 Å². The van der Waals surface area contributed by atoms with Crippen molar-refractivity contribution in [3.05, 3.63) is 39.6 Å². The lowest BCUT2D eigenvalue weighted by molar-refractivity contribution is 0.616. The largest absolute Gasteiger partial charge is 0.261 e. The fourth-order valence-corrected chi connectivity index (χ4v) is 2.19. The molecule has 14 heavy (non-hydrogen) atoms. The molecule has 0 saturated heterocycles. The summed E-state index contributed by atoms with van der Waals surface area (Å²) in [5, 5.41) is 7.50. The van der Waals surface area contributed by atoms with Crippen LogP contribution < -0.4 is 0 Å². The molecule has 1 heterocycles. The van der Waals surface area contributed by atoms with Gasteiger partial charge in [-0.2, -0.15) is 0 Å². The number of nitrogens with zero attached hydrogens (tertiary/aromatic N) is 3. The second-order valence-electron chi connectivity index (χ2n) is 2.52. The molecule has 0 aliphatic heterocycles. The highest BCUT2D eigenvalue weighted by Crippen LogP contribution is 2.22. The van der Waals surface area contributed by atoms with Crippen molar-refractivity contribution in [2.45, 2.75) is 0 Å². The molecule has 6 heteroatoms. The van der Waals surface area contributed by atoms with Gasteiger partial charge in [0, 0.05) is 0 Å². The summed E-state index contributed by atoms with van der Waals surface area (Å²) < 4.78 is 15.8. The van der Waals surface area contributed by atoms with Crippen LogP contribution in [-0.4, -0.2) is 14.8 Å². The van der Waals surface area contributed by atoms with Gasteiger partial charge in [0.2, 0.25) is 9.47 Å². The van der Waals surface area contributed by atoms with E-state index in [1.807, 2.05) is 0 Å². The third kappa shape index (κ3) is 1.59. The van der Waals surface area contributed by atoms with Crippen molar-refractivity contribution in [1.82, 2.24) is 14.8 Å². The summed E-state index contributed by atoms with van der Waals surface area (Å²) in [6, 6.07) is 6.41. The molecule has 0 aliphatic carbocycles. The van der Waals surface area contributed by atoms with Gasteiger partial charge in [-0.15, -0.1) is 10.2 Å². The topological polar surface area (TPSA) is 30.7 Å². The van der Waals surface area contributed by atoms with Gasteiger partial charge in [-0.05, 0) is 44.0 Å². The van der Waals surface area contributed by atoms with Crippen LogP contribution in [0.2, 0.25) is 0 Å². The van der Waals surface area contributed by atoms with Gasteiger partial charge in [0.25, 0.3) is 0 Å². The third-order valence-electron chi connectivity index (χ3n) is 1.68. The third-order valence-corrected chi connectivity index (χ3v) is 2.70. The maximum absolute atomic E-state index is 13.4. The number of hydrogen-bond acceptors (Lipinski definition) is 2. The molecule has 2 aromatic rings. The van der Waals surface area contributed by atoms with Crippen molar-refractivity contribution in [1.29, 1.82) is 0 Å². The summed E-state index contributed by atoms with van der Waals surface area (Å²) in [6.07, 6.45) is 0. The molecule has 0 bridgehead atoms. The highest BCUT2D eigenvalue weighted by Gasteiger charge is 2.12. The molecule has 72 valence electrons. The molecule has 3 nitrogen and oxygen atoms in total. The number of rotatable bonds is 1. The van der Waals surface area contributed by atoms with E-state index in [1.165, 1.54) is 10.6 Å². The van der Waals surface area contributed by atoms with Gasteiger partial charge in [-0.3, -0.25) is 4.57 Å². The molecule has 0 fully saturated rings. The Balaban J connectivity index is 2.66. The van der Waals surface area contributed by atoms with Crippen LogP contribution in [0.3, 0.4) is 0 Å². The summed E-state index contributed by atoms with van der Waals surface area (Å²) >= 11 is 6.36. The first-order valence-corrected chi connectivity index (χ1v) is 5.30. The van der Waals surface area contributed by atoms with E-state index in [9.17, 15) is 4.39 Å². The lowest BCUT2D eigenvalue weighted by Crippen LogP contribution is -1.98. The Hall–Kier alpha value is -0.750. The van der Waals surface area contributed by atoms with Gasteiger partial charge in [-0.25, -0.2) is 4.39 Å². The number of para-hydroxylation sites is 1. The molecule has 0 atom stereocenters. The number of halogens is 3. The van der Waals surface area contributed by atoms with Crippen molar-refractivity contribution in [3.8, 4) is 5.69 Å². The van der Waals surface area contributed by atoms with Gasteiger partial charge < -0.3 is 0 Å². The SMILES string of the molecule is Fc1ccccc1-n1c(Br)nnc1Br. The Bertz CT molecular complexity index is 450. The Morgan fingerprint density at radius 2 is 1.64 bits per heavy atom. The first-order chi connectivity index (χ1) is 6.70. The van der Waals surface area contributed by atoms with Gasteiger partial charge in [-0.1, -0.05) is 12.1 Å². The minimum Gasteiger partial charge on any atom is -0.261 e. The van der Waals surface area contributed by atoms with Crippen LogP contribution in [0.5, 0.6) is 0 Å². The summed E-state index contributed by atoms with van der Waals surface area (Å²) in [7, 11) is 0. The fraction of sp³-hybridized carbons (Fsp3) is 0. The molecule has 0 N–H and O–H groups in total. The van der Waals surface area contributed by atoms with Gasteiger partial charge in [0.05, 0.1) is 5.69 Å². The molecule has 0 radical (unpaired) electrons. The van der Waals surface area contributed by atoms with E-state index in [0.29, 0.717) is 15.2 Å². The second-order valence-corrected chi connectivity index (χ2v) is 3.94. The van der Waals surface area contributed by atoms with Crippen LogP contribution in [0.25, 0.3) is 5.69 Å². The summed E-state index contributed by atoms with van der Waals surface area (Å²) in [6.45, 7) is 0. The van der Waals surface area contributed by atoms with Crippen molar-refractivity contribution >= 4 is 31.9 Å². The van der Waals surface area contributed by atoms with Crippen molar-refractivity contribution in [2.24, 2.45) is 0 Å². The lowest BCUT2D eigenvalue weighted by Gasteiger charge is -2.04. The zero-order valence-electron chi connectivity index (χ0n) is 6.78. The average Bonchev–Trinajstić information content (AvgIpc) is 2.48. The Morgan fingerprint density at radius 1 is 1.07 bits per heavy atom. The molecule has 0 spiro atoms. The Labute approximate surface area is 96.2 Å². The number of hydrogen-bond donors (Lipinski definition) is 0. The Kier molecular flexibility index (Phi) is 2.64. The van der Waals surface area contributed by atoms with E-state index in [4.69, 9.17) is 0 Å². The van der Waals surface area contributed by atoms with Crippen molar-refractivity contribution in [2.75, 3.05) is 0 Å². The maximum Gasteiger partial charge on any atom is 0.205 e. The zero-order valence-corrected chi connectivity index (χ0v) is 9.96. The molecular formula is C8H4Br2FN3. The summed E-state index contributed by atoms with van der Waals surface area (Å²) in [5.74, 6) is -0.325. The molecule has 0 unspecified atom stereocenters. The van der Waals surface area contributed by atoms with Crippen LogP contribution in [0.1, 0.15) is 0 Å². The quantitative estimate of drug-likeness (QED) is 0.809. The fourth-order valence-electron chi connectivity index (χ4n) is 1.08. The number of aromatic nitrogens is 3. The molecule has 2 rings (SSSR count). The van der Waals surface area contributed by atoms with Gasteiger partial charge in [0.1, 0.15) is 5.82 Å². The standard InChI is InChI=1S/C8H4Br2FN3/c9-7-12-13-8(10)14(7)6-4-2-1-3-5(6)11/h1-4H. The average molecular weight is 321 g/mol. The molecule has 0 amide bonds. The molecule has 1 aromatic carbocycles. The monoisotopic (exact) mass is 319 g/mol. The number of benzene rings is 1. The van der Waals surface area contributed by atoms with E-state index in [-0.39, 0.29) is 5.82 Å². The van der Waals surface area contributed by atoms with E-state index in [0.717, 1.165) is 0 Å². The van der Waals surface area contributed by atoms with Crippen LogP contribution >= 0.6 is 31.9 Å². The normalized spacial score (nSPS) is 10.5. The van der Waals surface area contributed by atoms with E-state index in [1.54, 1.807) is 18.2 Å². The summed E-state index contributed by atoms with van der Waals surface area (Å²) in [5.41, 5.74) is 0.399. The van der Waals surface area contributed by atoms with Crippen molar-refractivity contribution < 1.29 is 4.39 Å². The molecule has 0 saturated carbocycles.